The van der Waals surface area contributed by atoms with Crippen molar-refractivity contribution in [2.75, 3.05) is 7.05 Å². The second kappa shape index (κ2) is 5.58. The number of hydrogen-bond donors (Lipinski definition) is 0. The second-order valence-corrected chi connectivity index (χ2v) is 5.40. The third-order valence-corrected chi connectivity index (χ3v) is 3.52. The molecule has 0 spiro atoms. The van der Waals surface area contributed by atoms with Crippen LogP contribution in [-0.2, 0) is 6.54 Å². The first-order valence-corrected chi connectivity index (χ1v) is 6.89. The molecule has 0 fully saturated rings. The molecule has 6 heteroatoms. The van der Waals surface area contributed by atoms with Crippen molar-refractivity contribution in [1.29, 1.82) is 0 Å². The number of carbonyl (C=O) groups is 1. The summed E-state index contributed by atoms with van der Waals surface area (Å²) in [4.78, 5) is 17.6. The summed E-state index contributed by atoms with van der Waals surface area (Å²) in [5.74, 6) is -0.882. The van der Waals surface area contributed by atoms with E-state index in [0.717, 1.165) is 5.69 Å². The van der Waals surface area contributed by atoms with E-state index < -0.39 is 5.82 Å². The predicted octanol–water partition coefficient (Wildman–Crippen LogP) is 3.32. The quantitative estimate of drug-likeness (QED) is 0.865. The minimum atomic E-state index is -0.528. The van der Waals surface area contributed by atoms with E-state index in [1.54, 1.807) is 18.6 Å². The lowest BCUT2D eigenvalue weighted by Gasteiger charge is -2.16. The van der Waals surface area contributed by atoms with Crippen molar-refractivity contribution in [2.24, 2.45) is 0 Å². The van der Waals surface area contributed by atoms with Gasteiger partial charge in [-0.1, -0.05) is 15.9 Å². The Balaban J connectivity index is 2.15. The Kier molecular flexibility index (Phi) is 4.08. The van der Waals surface area contributed by atoms with Crippen LogP contribution in [-0.4, -0.2) is 22.8 Å². The van der Waals surface area contributed by atoms with Gasteiger partial charge in [0.2, 0.25) is 0 Å². The summed E-state index contributed by atoms with van der Waals surface area (Å²) in [6, 6.07) is 4.40. The number of hydrogen-bond acceptors (Lipinski definition) is 3. The van der Waals surface area contributed by atoms with Crippen molar-refractivity contribution in [2.45, 2.75) is 6.54 Å². The van der Waals surface area contributed by atoms with Gasteiger partial charge in [-0.25, -0.2) is 9.37 Å². The average Bonchev–Trinajstić information content (AvgIpc) is 2.81. The first kappa shape index (κ1) is 13.2. The first-order chi connectivity index (χ1) is 8.58. The fourth-order valence-electron chi connectivity index (χ4n) is 1.50. The number of aromatic nitrogens is 1. The van der Waals surface area contributed by atoms with Crippen LogP contribution in [0.15, 0.2) is 33.6 Å². The monoisotopic (exact) mass is 328 g/mol. The molecule has 3 nitrogen and oxygen atoms in total. The van der Waals surface area contributed by atoms with Crippen molar-refractivity contribution in [3.05, 3.63) is 50.6 Å². The molecule has 0 radical (unpaired) electrons. The third kappa shape index (κ3) is 2.94. The van der Waals surface area contributed by atoms with E-state index in [0.29, 0.717) is 11.0 Å². The van der Waals surface area contributed by atoms with Crippen LogP contribution in [0.1, 0.15) is 16.1 Å². The smallest absolute Gasteiger partial charge is 0.256 e. The molecule has 2 rings (SSSR count). The van der Waals surface area contributed by atoms with Crippen LogP contribution in [0.2, 0.25) is 0 Å². The Morgan fingerprint density at radius 2 is 2.33 bits per heavy atom. The Morgan fingerprint density at radius 3 is 2.94 bits per heavy atom. The molecule has 0 saturated heterocycles. The Morgan fingerprint density at radius 1 is 1.56 bits per heavy atom. The molecule has 0 unspecified atom stereocenters. The number of nitrogens with zero attached hydrogens (tertiary/aromatic N) is 2. The topological polar surface area (TPSA) is 33.2 Å². The summed E-state index contributed by atoms with van der Waals surface area (Å²) in [7, 11) is 1.63. The van der Waals surface area contributed by atoms with Gasteiger partial charge < -0.3 is 4.90 Å². The fraction of sp³-hybridized carbons (Fsp3) is 0.167. The van der Waals surface area contributed by atoms with Gasteiger partial charge in [0.15, 0.2) is 0 Å². The second-order valence-electron chi connectivity index (χ2n) is 3.77. The van der Waals surface area contributed by atoms with Crippen LogP contribution in [0.5, 0.6) is 0 Å². The van der Waals surface area contributed by atoms with Crippen molar-refractivity contribution in [3.8, 4) is 0 Å². The van der Waals surface area contributed by atoms with Gasteiger partial charge in [0.25, 0.3) is 5.91 Å². The van der Waals surface area contributed by atoms with E-state index in [9.17, 15) is 9.18 Å². The minimum Gasteiger partial charge on any atom is -0.336 e. The maximum Gasteiger partial charge on any atom is 0.256 e. The number of carbonyl (C=O) groups excluding carboxylic acids is 1. The normalized spacial score (nSPS) is 10.4. The van der Waals surface area contributed by atoms with E-state index in [2.05, 4.69) is 20.9 Å². The van der Waals surface area contributed by atoms with Gasteiger partial charge in [-0.2, -0.15) is 0 Å². The van der Waals surface area contributed by atoms with E-state index in [1.165, 1.54) is 28.4 Å². The molecule has 0 aliphatic rings. The zero-order valence-corrected chi connectivity index (χ0v) is 12.0. The zero-order valence-electron chi connectivity index (χ0n) is 9.56. The first-order valence-electron chi connectivity index (χ1n) is 5.15. The standard InChI is InChI=1S/C12H10BrFN2OS/c1-16(5-9-6-18-7-15-9)12(17)10-3-2-8(13)4-11(10)14/h2-4,6-7H,5H2,1H3. The molecule has 0 N–H and O–H groups in total. The Labute approximate surface area is 116 Å². The highest BCUT2D eigenvalue weighted by molar-refractivity contribution is 9.10. The lowest BCUT2D eigenvalue weighted by Crippen LogP contribution is -2.27. The lowest BCUT2D eigenvalue weighted by atomic mass is 10.2. The number of thiazole rings is 1. The van der Waals surface area contributed by atoms with Crippen molar-refractivity contribution in [1.82, 2.24) is 9.88 Å². The molecule has 0 bridgehead atoms. The van der Waals surface area contributed by atoms with Crippen LogP contribution >= 0.6 is 27.3 Å². The van der Waals surface area contributed by atoms with Gasteiger partial charge in [-0.05, 0) is 18.2 Å². The molecule has 0 aliphatic carbocycles. The third-order valence-electron chi connectivity index (χ3n) is 2.39. The molecule has 1 heterocycles. The molecule has 0 saturated carbocycles. The molecule has 2 aromatic rings. The SMILES string of the molecule is CN(Cc1cscn1)C(=O)c1ccc(Br)cc1F. The highest BCUT2D eigenvalue weighted by Crippen LogP contribution is 2.17. The largest absolute Gasteiger partial charge is 0.336 e. The zero-order chi connectivity index (χ0) is 13.1. The summed E-state index contributed by atoms with van der Waals surface area (Å²) >= 11 is 4.62. The van der Waals surface area contributed by atoms with Crippen LogP contribution < -0.4 is 0 Å². The van der Waals surface area contributed by atoms with Crippen LogP contribution in [0.4, 0.5) is 4.39 Å². The molecule has 1 aromatic heterocycles. The average molecular weight is 329 g/mol. The van der Waals surface area contributed by atoms with Crippen LogP contribution in [0.25, 0.3) is 0 Å². The van der Waals surface area contributed by atoms with Gasteiger partial charge in [0.05, 0.1) is 23.3 Å². The maximum absolute atomic E-state index is 13.6. The van der Waals surface area contributed by atoms with Crippen LogP contribution in [0, 0.1) is 5.82 Å². The van der Waals surface area contributed by atoms with Gasteiger partial charge in [0, 0.05) is 16.9 Å². The molecular formula is C12H10BrFN2OS. The predicted molar refractivity (Wildman–Crippen MR) is 72.0 cm³/mol. The highest BCUT2D eigenvalue weighted by atomic mass is 79.9. The summed E-state index contributed by atoms with van der Waals surface area (Å²) in [6.07, 6.45) is 0. The van der Waals surface area contributed by atoms with E-state index in [4.69, 9.17) is 0 Å². The Hall–Kier alpha value is -1.27. The molecular weight excluding hydrogens is 319 g/mol. The van der Waals surface area contributed by atoms with Gasteiger partial charge in [-0.15, -0.1) is 11.3 Å². The van der Waals surface area contributed by atoms with E-state index >= 15 is 0 Å². The van der Waals surface area contributed by atoms with Gasteiger partial charge in [-0.3, -0.25) is 4.79 Å². The molecule has 18 heavy (non-hydrogen) atoms. The molecule has 0 aliphatic heterocycles. The van der Waals surface area contributed by atoms with Crippen molar-refractivity contribution in [3.63, 3.8) is 0 Å². The summed E-state index contributed by atoms with van der Waals surface area (Å²) in [6.45, 7) is 0.373. The molecule has 1 aromatic carbocycles. The summed E-state index contributed by atoms with van der Waals surface area (Å²) in [5, 5.41) is 1.86. The fourth-order valence-corrected chi connectivity index (χ4v) is 2.38. The van der Waals surface area contributed by atoms with Crippen LogP contribution in [0.3, 0.4) is 0 Å². The van der Waals surface area contributed by atoms with E-state index in [-0.39, 0.29) is 11.5 Å². The molecule has 94 valence electrons. The summed E-state index contributed by atoms with van der Waals surface area (Å²) < 4.78 is 14.3. The van der Waals surface area contributed by atoms with Gasteiger partial charge in [0.1, 0.15) is 5.82 Å². The number of benzene rings is 1. The number of rotatable bonds is 3. The van der Waals surface area contributed by atoms with Crippen molar-refractivity contribution < 1.29 is 9.18 Å². The minimum absolute atomic E-state index is 0.0657. The molecule has 0 atom stereocenters. The molecule has 1 amide bonds. The maximum atomic E-state index is 13.6. The van der Waals surface area contributed by atoms with E-state index in [1.807, 2.05) is 5.38 Å². The van der Waals surface area contributed by atoms with Crippen molar-refractivity contribution >= 4 is 33.2 Å². The number of amides is 1. The highest BCUT2D eigenvalue weighted by Gasteiger charge is 2.16. The number of halogens is 2. The lowest BCUT2D eigenvalue weighted by molar-refractivity contribution is 0.0779. The Bertz CT molecular complexity index is 559. The van der Waals surface area contributed by atoms with Gasteiger partial charge >= 0.3 is 0 Å². The summed E-state index contributed by atoms with van der Waals surface area (Å²) in [5.41, 5.74) is 2.57.